The summed E-state index contributed by atoms with van der Waals surface area (Å²) >= 11 is 1.22. The molecule has 2 aromatic carbocycles. The number of rotatable bonds is 6. The topological polar surface area (TPSA) is 70.1 Å². The number of hydrogen-bond donors (Lipinski definition) is 3. The number of aliphatic hydroxyl groups excluding tert-OH is 1. The summed E-state index contributed by atoms with van der Waals surface area (Å²) in [5.41, 5.74) is 1.89. The van der Waals surface area contributed by atoms with Crippen molar-refractivity contribution in [2.75, 3.05) is 17.2 Å². The van der Waals surface area contributed by atoms with Gasteiger partial charge in [0.15, 0.2) is 5.01 Å². The summed E-state index contributed by atoms with van der Waals surface area (Å²) in [7, 11) is 0. The van der Waals surface area contributed by atoms with Gasteiger partial charge in [0.1, 0.15) is 12.0 Å². The van der Waals surface area contributed by atoms with E-state index in [4.69, 9.17) is 0 Å². The molecule has 10 heteroatoms. The van der Waals surface area contributed by atoms with Crippen LogP contribution in [-0.2, 0) is 19.0 Å². The van der Waals surface area contributed by atoms with Gasteiger partial charge in [-0.2, -0.15) is 13.2 Å². The van der Waals surface area contributed by atoms with Crippen molar-refractivity contribution in [2.45, 2.75) is 31.7 Å². The van der Waals surface area contributed by atoms with Crippen molar-refractivity contribution < 1.29 is 22.7 Å². The number of aromatic nitrogens is 2. The molecule has 1 aliphatic rings. The molecule has 3 N–H and O–H groups in total. The Morgan fingerprint density at radius 1 is 1.17 bits per heavy atom. The molecule has 0 bridgehead atoms. The van der Waals surface area contributed by atoms with Crippen LogP contribution >= 0.6 is 11.3 Å². The standard InChI is InChI=1S/C20H18F4N4OS/c21-15-10-16-12(9-17(29)26-16)8-14(15)18-27-28-19(30-18)25-7-1-2-11-3-5-13(6-4-11)20(22,23)24/h3-6,8,10,17,26,29H,1-2,7,9H2,(H,25,28). The number of hydrogen-bond acceptors (Lipinski definition) is 6. The number of nitrogens with zero attached hydrogens (tertiary/aromatic N) is 2. The Kier molecular flexibility index (Phi) is 5.61. The van der Waals surface area contributed by atoms with E-state index in [2.05, 4.69) is 20.8 Å². The van der Waals surface area contributed by atoms with Gasteiger partial charge in [-0.25, -0.2) is 4.39 Å². The first-order chi connectivity index (χ1) is 14.3. The molecule has 1 aromatic heterocycles. The maximum atomic E-state index is 14.4. The first-order valence-corrected chi connectivity index (χ1v) is 10.1. The molecule has 1 unspecified atom stereocenters. The highest BCUT2D eigenvalue weighted by molar-refractivity contribution is 7.18. The Morgan fingerprint density at radius 3 is 2.67 bits per heavy atom. The second kappa shape index (κ2) is 8.19. The van der Waals surface area contributed by atoms with E-state index in [9.17, 15) is 22.7 Å². The number of halogens is 4. The highest BCUT2D eigenvalue weighted by atomic mass is 32.1. The number of fused-ring (bicyclic) bond motifs is 1. The fourth-order valence-electron chi connectivity index (χ4n) is 3.28. The number of nitrogens with one attached hydrogen (secondary N) is 2. The van der Waals surface area contributed by atoms with Gasteiger partial charge in [-0.1, -0.05) is 23.5 Å². The van der Waals surface area contributed by atoms with Crippen LogP contribution in [0.2, 0.25) is 0 Å². The number of aliphatic hydroxyl groups is 1. The molecular formula is C20H18F4N4OS. The van der Waals surface area contributed by atoms with E-state index < -0.39 is 23.8 Å². The van der Waals surface area contributed by atoms with E-state index in [1.54, 1.807) is 6.07 Å². The zero-order valence-electron chi connectivity index (χ0n) is 15.6. The van der Waals surface area contributed by atoms with Crippen LogP contribution in [0.5, 0.6) is 0 Å². The third-order valence-corrected chi connectivity index (χ3v) is 5.70. The first-order valence-electron chi connectivity index (χ1n) is 9.30. The van der Waals surface area contributed by atoms with Crippen molar-refractivity contribution in [1.82, 2.24) is 10.2 Å². The molecule has 158 valence electrons. The van der Waals surface area contributed by atoms with Gasteiger partial charge in [0.2, 0.25) is 5.13 Å². The molecule has 1 aliphatic heterocycles. The molecule has 30 heavy (non-hydrogen) atoms. The summed E-state index contributed by atoms with van der Waals surface area (Å²) in [4.78, 5) is 0. The van der Waals surface area contributed by atoms with E-state index in [0.717, 1.165) is 23.3 Å². The molecule has 0 fully saturated rings. The van der Waals surface area contributed by atoms with Gasteiger partial charge in [-0.05, 0) is 48.2 Å². The fourth-order valence-corrected chi connectivity index (χ4v) is 4.06. The summed E-state index contributed by atoms with van der Waals surface area (Å²) < 4.78 is 52.1. The predicted molar refractivity (Wildman–Crippen MR) is 107 cm³/mol. The van der Waals surface area contributed by atoms with Gasteiger partial charge >= 0.3 is 6.18 Å². The molecule has 4 rings (SSSR count). The van der Waals surface area contributed by atoms with E-state index in [1.807, 2.05) is 0 Å². The van der Waals surface area contributed by atoms with Crippen LogP contribution in [-0.4, -0.2) is 28.1 Å². The van der Waals surface area contributed by atoms with Crippen LogP contribution in [0, 0.1) is 5.82 Å². The maximum Gasteiger partial charge on any atom is 0.416 e. The lowest BCUT2D eigenvalue weighted by Crippen LogP contribution is -2.12. The smallest absolute Gasteiger partial charge is 0.373 e. The van der Waals surface area contributed by atoms with Gasteiger partial charge in [-0.3, -0.25) is 0 Å². The van der Waals surface area contributed by atoms with Crippen LogP contribution in [0.1, 0.15) is 23.1 Å². The Bertz CT molecular complexity index is 1040. The van der Waals surface area contributed by atoms with Crippen molar-refractivity contribution in [1.29, 1.82) is 0 Å². The lowest BCUT2D eigenvalue weighted by atomic mass is 10.1. The van der Waals surface area contributed by atoms with E-state index >= 15 is 0 Å². The summed E-state index contributed by atoms with van der Waals surface area (Å²) in [6.07, 6.45) is -3.34. The minimum absolute atomic E-state index is 0.333. The minimum atomic E-state index is -4.33. The van der Waals surface area contributed by atoms with E-state index in [0.29, 0.717) is 47.2 Å². The molecular weight excluding hydrogens is 420 g/mol. The van der Waals surface area contributed by atoms with Crippen molar-refractivity contribution in [3.05, 3.63) is 58.9 Å². The number of anilines is 2. The molecule has 0 amide bonds. The largest absolute Gasteiger partial charge is 0.416 e. The second-order valence-corrected chi connectivity index (χ2v) is 7.97. The second-order valence-electron chi connectivity index (χ2n) is 6.99. The minimum Gasteiger partial charge on any atom is -0.373 e. The molecule has 0 saturated carbocycles. The third-order valence-electron chi connectivity index (χ3n) is 4.78. The summed E-state index contributed by atoms with van der Waals surface area (Å²) in [6, 6.07) is 8.14. The van der Waals surface area contributed by atoms with Crippen LogP contribution in [0.3, 0.4) is 0 Å². The third kappa shape index (κ3) is 4.54. The average molecular weight is 438 g/mol. The van der Waals surface area contributed by atoms with Gasteiger partial charge in [0, 0.05) is 24.2 Å². The van der Waals surface area contributed by atoms with Crippen LogP contribution in [0.25, 0.3) is 10.6 Å². The molecule has 0 spiro atoms. The highest BCUT2D eigenvalue weighted by Crippen LogP contribution is 2.35. The van der Waals surface area contributed by atoms with Crippen molar-refractivity contribution >= 4 is 22.2 Å². The zero-order valence-corrected chi connectivity index (χ0v) is 16.4. The number of benzene rings is 2. The van der Waals surface area contributed by atoms with Gasteiger partial charge < -0.3 is 15.7 Å². The monoisotopic (exact) mass is 438 g/mol. The molecule has 0 saturated heterocycles. The Morgan fingerprint density at radius 2 is 1.93 bits per heavy atom. The Hall–Kier alpha value is -2.72. The van der Waals surface area contributed by atoms with Crippen molar-refractivity contribution in [3.8, 4) is 10.6 Å². The number of aryl methyl sites for hydroxylation is 1. The van der Waals surface area contributed by atoms with Crippen LogP contribution in [0.15, 0.2) is 36.4 Å². The Balaban J connectivity index is 1.32. The van der Waals surface area contributed by atoms with Gasteiger partial charge in [0.05, 0.1) is 5.56 Å². The molecule has 5 nitrogen and oxygen atoms in total. The molecule has 3 aromatic rings. The summed E-state index contributed by atoms with van der Waals surface area (Å²) in [6.45, 7) is 0.554. The summed E-state index contributed by atoms with van der Waals surface area (Å²) in [5.74, 6) is -0.444. The zero-order chi connectivity index (χ0) is 21.3. The van der Waals surface area contributed by atoms with Crippen molar-refractivity contribution in [2.24, 2.45) is 0 Å². The normalized spacial score (nSPS) is 15.7. The van der Waals surface area contributed by atoms with Crippen molar-refractivity contribution in [3.63, 3.8) is 0 Å². The fraction of sp³-hybridized carbons (Fsp3) is 0.300. The molecule has 0 aliphatic carbocycles. The highest BCUT2D eigenvalue weighted by Gasteiger charge is 2.29. The summed E-state index contributed by atoms with van der Waals surface area (Å²) in [5, 5.41) is 24.6. The average Bonchev–Trinajstić information content (AvgIpc) is 3.29. The Labute approximate surface area is 173 Å². The van der Waals surface area contributed by atoms with Crippen LogP contribution < -0.4 is 10.6 Å². The van der Waals surface area contributed by atoms with E-state index in [-0.39, 0.29) is 0 Å². The van der Waals surface area contributed by atoms with Gasteiger partial charge in [-0.15, -0.1) is 10.2 Å². The molecule has 2 heterocycles. The van der Waals surface area contributed by atoms with Crippen LogP contribution in [0.4, 0.5) is 28.4 Å². The maximum absolute atomic E-state index is 14.4. The quantitative estimate of drug-likeness (QED) is 0.385. The first kappa shape index (κ1) is 20.5. The molecule has 0 radical (unpaired) electrons. The lowest BCUT2D eigenvalue weighted by Gasteiger charge is -2.07. The molecule has 1 atom stereocenters. The lowest BCUT2D eigenvalue weighted by molar-refractivity contribution is -0.137. The predicted octanol–water partition coefficient (Wildman–Crippen LogP) is 4.69. The SMILES string of the molecule is OC1Cc2cc(-c3nnc(NCCCc4ccc(C(F)(F)F)cc4)s3)c(F)cc2N1. The van der Waals surface area contributed by atoms with E-state index in [1.165, 1.54) is 29.5 Å². The van der Waals surface area contributed by atoms with Gasteiger partial charge in [0.25, 0.3) is 0 Å². The number of alkyl halides is 3.